The fourth-order valence-electron chi connectivity index (χ4n) is 3.81. The van der Waals surface area contributed by atoms with Gasteiger partial charge in [-0.1, -0.05) is 0 Å². The molecule has 0 saturated carbocycles. The van der Waals surface area contributed by atoms with Gasteiger partial charge in [0.1, 0.15) is 12.3 Å². The quantitative estimate of drug-likeness (QED) is 0.808. The van der Waals surface area contributed by atoms with Crippen LogP contribution in [0, 0.1) is 13.8 Å². The molecular weight excluding hydrogens is 314 g/mol. The van der Waals surface area contributed by atoms with Crippen molar-refractivity contribution in [3.63, 3.8) is 0 Å². The van der Waals surface area contributed by atoms with E-state index in [1.807, 2.05) is 25.1 Å². The minimum absolute atomic E-state index is 0.251. The van der Waals surface area contributed by atoms with E-state index in [-0.39, 0.29) is 5.78 Å². The second kappa shape index (κ2) is 7.31. The van der Waals surface area contributed by atoms with Gasteiger partial charge in [-0.25, -0.2) is 0 Å². The third kappa shape index (κ3) is 3.71. The highest BCUT2D eigenvalue weighted by Gasteiger charge is 2.24. The monoisotopic (exact) mass is 342 g/mol. The number of hydrogen-bond donors (Lipinski definition) is 2. The van der Waals surface area contributed by atoms with Crippen LogP contribution in [0.25, 0.3) is 0 Å². The average Bonchev–Trinajstić information content (AvgIpc) is 2.90. The Balaban J connectivity index is 1.58. The zero-order chi connectivity index (χ0) is 18.0. The summed E-state index contributed by atoms with van der Waals surface area (Å²) in [6.07, 6.45) is 0. The Bertz CT molecular complexity index is 741. The number of piperazine rings is 1. The number of nitrogens with zero attached hydrogens (tertiary/aromatic N) is 2. The van der Waals surface area contributed by atoms with Crippen LogP contribution in [0.1, 0.15) is 28.7 Å². The van der Waals surface area contributed by atoms with Crippen LogP contribution in [0.5, 0.6) is 5.75 Å². The fourth-order valence-corrected chi connectivity index (χ4v) is 3.81. The van der Waals surface area contributed by atoms with Crippen LogP contribution in [0.15, 0.2) is 30.3 Å². The first kappa shape index (κ1) is 17.5. The third-order valence-electron chi connectivity index (χ3n) is 5.29. The molecule has 134 valence electrons. The first-order chi connectivity index (χ1) is 12.0. The number of benzene rings is 1. The number of Topliss-reactive ketones (excluding diaryl/α,β-unsaturated/α-hetero) is 1. The molecule has 1 aliphatic rings. The maximum atomic E-state index is 12.7. The number of hydrogen-bond acceptors (Lipinski definition) is 3. The summed E-state index contributed by atoms with van der Waals surface area (Å²) in [5.74, 6) is 0.546. The van der Waals surface area contributed by atoms with Gasteiger partial charge in [0.25, 0.3) is 0 Å². The van der Waals surface area contributed by atoms with Gasteiger partial charge in [-0.3, -0.25) is 4.79 Å². The minimum Gasteiger partial charge on any atom is -0.508 e. The predicted octanol–water partition coefficient (Wildman–Crippen LogP) is 1.42. The highest BCUT2D eigenvalue weighted by Crippen LogP contribution is 2.18. The lowest BCUT2D eigenvalue weighted by atomic mass is 10.1. The van der Waals surface area contributed by atoms with E-state index in [0.717, 1.165) is 55.4 Å². The molecule has 0 radical (unpaired) electrons. The third-order valence-corrected chi connectivity index (χ3v) is 5.29. The van der Waals surface area contributed by atoms with Gasteiger partial charge < -0.3 is 19.5 Å². The first-order valence-electron chi connectivity index (χ1n) is 9.07. The van der Waals surface area contributed by atoms with Crippen molar-refractivity contribution in [2.75, 3.05) is 37.6 Å². The Kier molecular flexibility index (Phi) is 5.13. The summed E-state index contributed by atoms with van der Waals surface area (Å²) in [4.78, 5) is 16.4. The lowest BCUT2D eigenvalue weighted by Gasteiger charge is -2.33. The Hall–Kier alpha value is -2.27. The second-order valence-corrected chi connectivity index (χ2v) is 6.88. The number of quaternary nitrogens is 1. The maximum absolute atomic E-state index is 12.7. The molecule has 0 amide bonds. The maximum Gasteiger partial charge on any atom is 0.218 e. The van der Waals surface area contributed by atoms with E-state index in [4.69, 9.17) is 0 Å². The molecule has 2 heterocycles. The molecule has 1 aliphatic heterocycles. The molecule has 2 N–H and O–H groups in total. The number of aromatic hydroxyl groups is 1. The largest absolute Gasteiger partial charge is 0.508 e. The predicted molar refractivity (Wildman–Crippen MR) is 99.8 cm³/mol. The van der Waals surface area contributed by atoms with E-state index in [9.17, 15) is 9.90 Å². The van der Waals surface area contributed by atoms with E-state index in [1.165, 1.54) is 4.90 Å². The summed E-state index contributed by atoms with van der Waals surface area (Å²) in [6, 6.07) is 9.38. The van der Waals surface area contributed by atoms with Crippen LogP contribution in [0.3, 0.4) is 0 Å². The average molecular weight is 342 g/mol. The zero-order valence-electron chi connectivity index (χ0n) is 15.4. The Morgan fingerprint density at radius 1 is 1.16 bits per heavy atom. The highest BCUT2D eigenvalue weighted by molar-refractivity contribution is 5.98. The molecule has 5 heteroatoms. The summed E-state index contributed by atoms with van der Waals surface area (Å²) < 4.78 is 2.20. The Labute approximate surface area is 149 Å². The number of aryl methyl sites for hydroxylation is 1. The van der Waals surface area contributed by atoms with Gasteiger partial charge in [-0.05, 0) is 51.1 Å². The molecule has 1 aromatic heterocycles. The molecule has 0 bridgehead atoms. The number of rotatable bonds is 5. The van der Waals surface area contributed by atoms with Gasteiger partial charge in [0.05, 0.1) is 26.2 Å². The normalized spacial score (nSPS) is 15.6. The van der Waals surface area contributed by atoms with Crippen LogP contribution < -0.4 is 9.80 Å². The van der Waals surface area contributed by atoms with Crippen LogP contribution in [-0.2, 0) is 6.54 Å². The number of carbonyl (C=O) groups excluding carboxylic acids is 1. The smallest absolute Gasteiger partial charge is 0.218 e. The highest BCUT2D eigenvalue weighted by atomic mass is 16.3. The van der Waals surface area contributed by atoms with Crippen molar-refractivity contribution in [3.05, 3.63) is 47.3 Å². The molecule has 5 nitrogen and oxygen atoms in total. The molecular formula is C20H28N3O2+. The van der Waals surface area contributed by atoms with E-state index < -0.39 is 0 Å². The topological polar surface area (TPSA) is 49.9 Å². The molecule has 0 spiro atoms. The number of anilines is 1. The summed E-state index contributed by atoms with van der Waals surface area (Å²) in [6.45, 7) is 11.5. The molecule has 1 saturated heterocycles. The Morgan fingerprint density at radius 2 is 1.80 bits per heavy atom. The SMILES string of the molecule is CCn1c(C)cc(C(=O)C[NH+]2CCN(c3ccc(O)cc3)CC2)c1C. The van der Waals surface area contributed by atoms with Gasteiger partial charge in [-0.15, -0.1) is 0 Å². The molecule has 25 heavy (non-hydrogen) atoms. The van der Waals surface area contributed by atoms with E-state index in [2.05, 4.69) is 23.3 Å². The lowest BCUT2D eigenvalue weighted by molar-refractivity contribution is -0.892. The van der Waals surface area contributed by atoms with Crippen LogP contribution in [0.4, 0.5) is 5.69 Å². The zero-order valence-corrected chi connectivity index (χ0v) is 15.4. The fraction of sp³-hybridized carbons (Fsp3) is 0.450. The summed E-state index contributed by atoms with van der Waals surface area (Å²) in [5, 5.41) is 9.40. The number of ketones is 1. The number of carbonyl (C=O) groups is 1. The van der Waals surface area contributed by atoms with Crippen molar-refractivity contribution in [2.45, 2.75) is 27.3 Å². The van der Waals surface area contributed by atoms with Crippen molar-refractivity contribution in [3.8, 4) is 5.75 Å². The molecule has 1 aromatic carbocycles. The minimum atomic E-state index is 0.251. The second-order valence-electron chi connectivity index (χ2n) is 6.88. The number of aromatic nitrogens is 1. The molecule has 2 aromatic rings. The van der Waals surface area contributed by atoms with E-state index >= 15 is 0 Å². The molecule has 0 aliphatic carbocycles. The van der Waals surface area contributed by atoms with Gasteiger partial charge in [-0.2, -0.15) is 0 Å². The van der Waals surface area contributed by atoms with E-state index in [1.54, 1.807) is 12.1 Å². The van der Waals surface area contributed by atoms with Crippen molar-refractivity contribution < 1.29 is 14.8 Å². The van der Waals surface area contributed by atoms with Crippen molar-refractivity contribution >= 4 is 11.5 Å². The standard InChI is InChI=1S/C20H27N3O2/c1-4-23-15(2)13-19(16(23)3)20(25)14-21-9-11-22(12-10-21)17-5-7-18(24)8-6-17/h5-8,13,24H,4,9-12,14H2,1-3H3/p+1. The van der Waals surface area contributed by atoms with Crippen molar-refractivity contribution in [2.24, 2.45) is 0 Å². The summed E-state index contributed by atoms with van der Waals surface area (Å²) in [5.41, 5.74) is 4.27. The number of nitrogens with one attached hydrogen (secondary N) is 1. The van der Waals surface area contributed by atoms with Crippen LogP contribution in [0.2, 0.25) is 0 Å². The lowest BCUT2D eigenvalue weighted by Crippen LogP contribution is -3.15. The molecule has 1 fully saturated rings. The van der Waals surface area contributed by atoms with Crippen LogP contribution >= 0.6 is 0 Å². The van der Waals surface area contributed by atoms with Gasteiger partial charge in [0.15, 0.2) is 0 Å². The number of phenolic OH excluding ortho intramolecular Hbond substituents is 1. The van der Waals surface area contributed by atoms with Gasteiger partial charge in [0.2, 0.25) is 5.78 Å². The van der Waals surface area contributed by atoms with Crippen LogP contribution in [-0.4, -0.2) is 48.2 Å². The summed E-state index contributed by atoms with van der Waals surface area (Å²) >= 11 is 0. The Morgan fingerprint density at radius 3 is 2.36 bits per heavy atom. The molecule has 3 rings (SSSR count). The van der Waals surface area contributed by atoms with Crippen molar-refractivity contribution in [1.29, 1.82) is 0 Å². The van der Waals surface area contributed by atoms with Gasteiger partial charge in [0, 0.05) is 29.2 Å². The van der Waals surface area contributed by atoms with E-state index in [0.29, 0.717) is 12.3 Å². The summed E-state index contributed by atoms with van der Waals surface area (Å²) in [7, 11) is 0. The molecule has 0 atom stereocenters. The first-order valence-corrected chi connectivity index (χ1v) is 9.07. The van der Waals surface area contributed by atoms with Gasteiger partial charge >= 0.3 is 0 Å². The van der Waals surface area contributed by atoms with Crippen molar-refractivity contribution in [1.82, 2.24) is 4.57 Å². The number of phenols is 1. The molecule has 0 unspecified atom stereocenters.